The first-order valence-electron chi connectivity index (χ1n) is 9.72. The number of ether oxygens (including phenoxy) is 2. The molecular formula is C22H28N2O2. The Labute approximate surface area is 155 Å². The summed E-state index contributed by atoms with van der Waals surface area (Å²) in [6.45, 7) is 5.49. The molecule has 1 aliphatic heterocycles. The summed E-state index contributed by atoms with van der Waals surface area (Å²) >= 11 is 0. The van der Waals surface area contributed by atoms with Gasteiger partial charge in [0.1, 0.15) is 12.4 Å². The van der Waals surface area contributed by atoms with Gasteiger partial charge in [-0.1, -0.05) is 29.8 Å². The summed E-state index contributed by atoms with van der Waals surface area (Å²) < 4.78 is 11.7. The van der Waals surface area contributed by atoms with E-state index in [1.165, 1.54) is 29.5 Å². The van der Waals surface area contributed by atoms with Crippen molar-refractivity contribution in [3.05, 3.63) is 59.4 Å². The van der Waals surface area contributed by atoms with Gasteiger partial charge in [-0.2, -0.15) is 0 Å². The second-order valence-electron chi connectivity index (χ2n) is 7.63. The lowest BCUT2D eigenvalue weighted by Crippen LogP contribution is -2.46. The van der Waals surface area contributed by atoms with E-state index in [2.05, 4.69) is 47.6 Å². The van der Waals surface area contributed by atoms with Gasteiger partial charge in [-0.15, -0.1) is 0 Å². The van der Waals surface area contributed by atoms with Gasteiger partial charge in [-0.05, 0) is 61.8 Å². The van der Waals surface area contributed by atoms with Crippen LogP contribution in [0, 0.1) is 12.8 Å². The standard InChI is InChI=1S/C22H28N2O2/c1-16-2-4-17(5-3-16)14-25-9-7-18-11-22(18)19-10-21(13-23-12-19)26-15-20-6-8-24-20/h2-5,10,12-13,18,20,22,24H,6-9,11,14-15H2,1H3/t18-,20+,22+/m1/s1. The Hall–Kier alpha value is -1.91. The predicted molar refractivity (Wildman–Crippen MR) is 102 cm³/mol. The number of nitrogens with zero attached hydrogens (tertiary/aromatic N) is 1. The maximum absolute atomic E-state index is 5.87. The smallest absolute Gasteiger partial charge is 0.137 e. The Morgan fingerprint density at radius 1 is 1.19 bits per heavy atom. The highest BCUT2D eigenvalue weighted by Crippen LogP contribution is 2.49. The molecule has 2 fully saturated rings. The summed E-state index contributed by atoms with van der Waals surface area (Å²) in [6.07, 6.45) is 7.38. The molecule has 1 aromatic carbocycles. The van der Waals surface area contributed by atoms with Crippen molar-refractivity contribution in [3.8, 4) is 5.75 Å². The number of aromatic nitrogens is 1. The predicted octanol–water partition coefficient (Wildman–Crippen LogP) is 3.84. The molecule has 0 radical (unpaired) electrons. The van der Waals surface area contributed by atoms with E-state index >= 15 is 0 Å². The molecular weight excluding hydrogens is 324 g/mol. The molecule has 0 amide bonds. The third-order valence-corrected chi connectivity index (χ3v) is 5.48. The minimum Gasteiger partial charge on any atom is -0.490 e. The average molecular weight is 352 g/mol. The zero-order valence-electron chi connectivity index (χ0n) is 15.5. The molecule has 2 heterocycles. The Kier molecular flexibility index (Phi) is 5.51. The molecule has 1 saturated carbocycles. The summed E-state index contributed by atoms with van der Waals surface area (Å²) in [5.41, 5.74) is 3.85. The summed E-state index contributed by atoms with van der Waals surface area (Å²) in [5, 5.41) is 3.36. The summed E-state index contributed by atoms with van der Waals surface area (Å²) in [7, 11) is 0. The molecule has 0 spiro atoms. The zero-order valence-corrected chi connectivity index (χ0v) is 15.5. The van der Waals surface area contributed by atoms with Gasteiger partial charge in [0, 0.05) is 18.8 Å². The molecule has 4 nitrogen and oxygen atoms in total. The Bertz CT molecular complexity index is 712. The lowest BCUT2D eigenvalue weighted by Gasteiger charge is -2.27. The van der Waals surface area contributed by atoms with E-state index in [1.54, 1.807) is 0 Å². The largest absolute Gasteiger partial charge is 0.490 e. The highest BCUT2D eigenvalue weighted by molar-refractivity contribution is 5.30. The van der Waals surface area contributed by atoms with E-state index in [0.29, 0.717) is 18.6 Å². The van der Waals surface area contributed by atoms with E-state index in [9.17, 15) is 0 Å². The molecule has 0 unspecified atom stereocenters. The molecule has 1 aromatic heterocycles. The fourth-order valence-electron chi connectivity index (χ4n) is 3.49. The van der Waals surface area contributed by atoms with Crippen molar-refractivity contribution in [2.24, 2.45) is 5.92 Å². The second-order valence-corrected chi connectivity index (χ2v) is 7.63. The molecule has 1 aliphatic carbocycles. The summed E-state index contributed by atoms with van der Waals surface area (Å²) in [6, 6.07) is 11.2. The summed E-state index contributed by atoms with van der Waals surface area (Å²) in [5.74, 6) is 2.24. The van der Waals surface area contributed by atoms with Crippen LogP contribution in [0.15, 0.2) is 42.7 Å². The number of nitrogens with one attached hydrogen (secondary N) is 1. The van der Waals surface area contributed by atoms with Gasteiger partial charge in [0.2, 0.25) is 0 Å². The van der Waals surface area contributed by atoms with Crippen LogP contribution < -0.4 is 10.1 Å². The molecule has 1 N–H and O–H groups in total. The maximum Gasteiger partial charge on any atom is 0.137 e. The molecule has 2 aliphatic rings. The van der Waals surface area contributed by atoms with Crippen LogP contribution in [0.25, 0.3) is 0 Å². The number of aryl methyl sites for hydroxylation is 1. The Morgan fingerprint density at radius 2 is 2.04 bits per heavy atom. The van der Waals surface area contributed by atoms with Crippen molar-refractivity contribution >= 4 is 0 Å². The van der Waals surface area contributed by atoms with E-state index in [0.717, 1.165) is 37.8 Å². The Morgan fingerprint density at radius 3 is 2.81 bits per heavy atom. The lowest BCUT2D eigenvalue weighted by atomic mass is 10.1. The monoisotopic (exact) mass is 352 g/mol. The fraction of sp³-hybridized carbons (Fsp3) is 0.500. The van der Waals surface area contributed by atoms with E-state index in [4.69, 9.17) is 9.47 Å². The number of benzene rings is 1. The van der Waals surface area contributed by atoms with Crippen LogP contribution in [0.4, 0.5) is 0 Å². The molecule has 4 rings (SSSR count). The van der Waals surface area contributed by atoms with Crippen LogP contribution in [0.2, 0.25) is 0 Å². The van der Waals surface area contributed by atoms with Crippen molar-refractivity contribution in [1.82, 2.24) is 10.3 Å². The van der Waals surface area contributed by atoms with Crippen LogP contribution in [0.1, 0.15) is 41.9 Å². The summed E-state index contributed by atoms with van der Waals surface area (Å²) in [4.78, 5) is 4.37. The molecule has 2 aromatic rings. The minimum absolute atomic E-state index is 0.512. The van der Waals surface area contributed by atoms with Crippen LogP contribution in [-0.4, -0.2) is 30.8 Å². The first-order valence-corrected chi connectivity index (χ1v) is 9.72. The number of pyridine rings is 1. The third kappa shape index (κ3) is 4.63. The van der Waals surface area contributed by atoms with Crippen molar-refractivity contribution in [3.63, 3.8) is 0 Å². The number of hydrogen-bond acceptors (Lipinski definition) is 4. The van der Waals surface area contributed by atoms with Gasteiger partial charge in [-0.25, -0.2) is 0 Å². The van der Waals surface area contributed by atoms with Gasteiger partial charge < -0.3 is 14.8 Å². The lowest BCUT2D eigenvalue weighted by molar-refractivity contribution is 0.114. The van der Waals surface area contributed by atoms with Crippen LogP contribution in [0.3, 0.4) is 0 Å². The molecule has 0 bridgehead atoms. The highest BCUT2D eigenvalue weighted by Gasteiger charge is 2.38. The SMILES string of the molecule is Cc1ccc(COCC[C@@H]2C[C@@H]2c2cncc(OC[C@@H]3CCN3)c2)cc1. The molecule has 4 heteroatoms. The van der Waals surface area contributed by atoms with Gasteiger partial charge in [0.25, 0.3) is 0 Å². The maximum atomic E-state index is 5.87. The molecule has 26 heavy (non-hydrogen) atoms. The van der Waals surface area contributed by atoms with Crippen molar-refractivity contribution in [2.45, 2.75) is 44.8 Å². The highest BCUT2D eigenvalue weighted by atomic mass is 16.5. The average Bonchev–Trinajstić information content (AvgIpc) is 3.39. The second kappa shape index (κ2) is 8.19. The first kappa shape index (κ1) is 17.5. The van der Waals surface area contributed by atoms with Crippen LogP contribution in [-0.2, 0) is 11.3 Å². The van der Waals surface area contributed by atoms with E-state index in [-0.39, 0.29) is 0 Å². The number of rotatable bonds is 9. The van der Waals surface area contributed by atoms with Crippen LogP contribution in [0.5, 0.6) is 5.75 Å². The quantitative estimate of drug-likeness (QED) is 0.697. The van der Waals surface area contributed by atoms with Crippen LogP contribution >= 0.6 is 0 Å². The molecule has 1 saturated heterocycles. The first-order chi connectivity index (χ1) is 12.8. The van der Waals surface area contributed by atoms with E-state index < -0.39 is 0 Å². The fourth-order valence-corrected chi connectivity index (χ4v) is 3.49. The zero-order chi connectivity index (χ0) is 17.8. The van der Waals surface area contributed by atoms with Gasteiger partial charge in [0.05, 0.1) is 12.8 Å². The minimum atomic E-state index is 0.512. The van der Waals surface area contributed by atoms with Gasteiger partial charge in [0.15, 0.2) is 0 Å². The number of hydrogen-bond donors (Lipinski definition) is 1. The topological polar surface area (TPSA) is 43.4 Å². The van der Waals surface area contributed by atoms with Crippen molar-refractivity contribution in [2.75, 3.05) is 19.8 Å². The molecule has 138 valence electrons. The van der Waals surface area contributed by atoms with Crippen molar-refractivity contribution in [1.29, 1.82) is 0 Å². The van der Waals surface area contributed by atoms with Crippen molar-refractivity contribution < 1.29 is 9.47 Å². The van der Waals surface area contributed by atoms with Gasteiger partial charge >= 0.3 is 0 Å². The molecule has 3 atom stereocenters. The Balaban J connectivity index is 1.18. The van der Waals surface area contributed by atoms with E-state index in [1.807, 2.05) is 12.4 Å². The normalized spacial score (nSPS) is 24.1. The third-order valence-electron chi connectivity index (χ3n) is 5.48. The van der Waals surface area contributed by atoms with Gasteiger partial charge in [-0.3, -0.25) is 4.98 Å².